The number of rotatable bonds is 7. The van der Waals surface area contributed by atoms with Gasteiger partial charge in [0.25, 0.3) is 0 Å². The van der Waals surface area contributed by atoms with Gasteiger partial charge < -0.3 is 16.4 Å². The van der Waals surface area contributed by atoms with E-state index in [1.165, 1.54) is 12.1 Å². The van der Waals surface area contributed by atoms with Crippen LogP contribution in [0.2, 0.25) is 0 Å². The fourth-order valence-electron chi connectivity index (χ4n) is 4.45. The number of thioether (sulfide) groups is 1. The zero-order chi connectivity index (χ0) is 27.3. The SMILES string of the molecule is N/C=C\C=C(/CC1=CC=C2C(Nc3ccc(C(F)(F)F)cc3)=CC(CN3CCSCC3)NC2N1)C(F)(F)F. The van der Waals surface area contributed by atoms with Gasteiger partial charge in [-0.2, -0.15) is 38.1 Å². The Bertz CT molecular complexity index is 1130. The van der Waals surface area contributed by atoms with Crippen LogP contribution in [0.15, 0.2) is 83.4 Å². The van der Waals surface area contributed by atoms with Crippen molar-refractivity contribution in [1.82, 2.24) is 15.5 Å². The Morgan fingerprint density at radius 3 is 2.42 bits per heavy atom. The van der Waals surface area contributed by atoms with Gasteiger partial charge in [-0.1, -0.05) is 12.2 Å². The van der Waals surface area contributed by atoms with Crippen LogP contribution in [0, 0.1) is 0 Å². The second-order valence-corrected chi connectivity index (χ2v) is 10.3. The first-order valence-corrected chi connectivity index (χ1v) is 13.2. The van der Waals surface area contributed by atoms with Gasteiger partial charge in [-0.15, -0.1) is 0 Å². The summed E-state index contributed by atoms with van der Waals surface area (Å²) in [5.41, 5.74) is 6.02. The molecule has 3 aliphatic heterocycles. The molecule has 38 heavy (non-hydrogen) atoms. The van der Waals surface area contributed by atoms with Gasteiger partial charge in [-0.05, 0) is 48.7 Å². The van der Waals surface area contributed by atoms with Crippen LogP contribution in [-0.2, 0) is 6.18 Å². The van der Waals surface area contributed by atoms with Gasteiger partial charge in [0.15, 0.2) is 0 Å². The highest BCUT2D eigenvalue weighted by molar-refractivity contribution is 7.99. The van der Waals surface area contributed by atoms with Crippen LogP contribution in [0.1, 0.15) is 12.0 Å². The standard InChI is InChI=1S/C26H29F6N5S/c27-25(28,29)17-3-5-19(6-4-17)34-23-15-21(16-37-10-12-38-13-11-37)36-24-22(23)8-7-20(35-24)14-18(2-1-9-33)26(30,31)32/h1-9,15,21,24,34-36H,10-14,16,33H2/b9-1-,18-2+. The number of nitrogens with two attached hydrogens (primary N) is 1. The van der Waals surface area contributed by atoms with E-state index in [9.17, 15) is 26.3 Å². The van der Waals surface area contributed by atoms with Gasteiger partial charge in [-0.3, -0.25) is 10.2 Å². The number of hydrogen-bond donors (Lipinski definition) is 4. The number of alkyl halides is 6. The Morgan fingerprint density at radius 2 is 1.79 bits per heavy atom. The summed E-state index contributed by atoms with van der Waals surface area (Å²) in [5.74, 6) is 2.05. The average Bonchev–Trinajstić information content (AvgIpc) is 2.86. The zero-order valence-electron chi connectivity index (χ0n) is 20.4. The smallest absolute Gasteiger partial charge is 0.405 e. The van der Waals surface area contributed by atoms with E-state index in [2.05, 4.69) is 20.9 Å². The Labute approximate surface area is 221 Å². The van der Waals surface area contributed by atoms with Crippen molar-refractivity contribution in [1.29, 1.82) is 0 Å². The average molecular weight is 558 g/mol. The molecule has 2 atom stereocenters. The van der Waals surface area contributed by atoms with Crippen LogP contribution in [-0.4, -0.2) is 54.4 Å². The molecule has 206 valence electrons. The van der Waals surface area contributed by atoms with Crippen molar-refractivity contribution in [3.05, 3.63) is 88.9 Å². The van der Waals surface area contributed by atoms with Crippen LogP contribution in [0.3, 0.4) is 0 Å². The van der Waals surface area contributed by atoms with Crippen molar-refractivity contribution in [2.75, 3.05) is 36.5 Å². The first kappa shape index (κ1) is 28.2. The molecule has 0 spiro atoms. The van der Waals surface area contributed by atoms with Crippen molar-refractivity contribution < 1.29 is 26.3 Å². The Hall–Kier alpha value is -2.83. The summed E-state index contributed by atoms with van der Waals surface area (Å²) in [5, 5.41) is 9.86. The van der Waals surface area contributed by atoms with E-state index in [1.807, 2.05) is 17.8 Å². The molecule has 0 aliphatic carbocycles. The lowest BCUT2D eigenvalue weighted by Crippen LogP contribution is -2.55. The monoisotopic (exact) mass is 557 g/mol. The predicted octanol–water partition coefficient (Wildman–Crippen LogP) is 5.11. The van der Waals surface area contributed by atoms with Crippen molar-refractivity contribution in [2.45, 2.75) is 31.0 Å². The van der Waals surface area contributed by atoms with Crippen LogP contribution >= 0.6 is 11.8 Å². The molecule has 3 heterocycles. The maximum Gasteiger partial charge on any atom is 0.416 e. The summed E-state index contributed by atoms with van der Waals surface area (Å²) in [6.45, 7) is 2.55. The molecule has 1 aromatic carbocycles. The van der Waals surface area contributed by atoms with Gasteiger partial charge in [-0.25, -0.2) is 0 Å². The molecule has 5 N–H and O–H groups in total. The second-order valence-electron chi connectivity index (χ2n) is 9.11. The number of allylic oxidation sites excluding steroid dienone is 5. The number of halogens is 6. The summed E-state index contributed by atoms with van der Waals surface area (Å²) >= 11 is 1.89. The minimum absolute atomic E-state index is 0.137. The van der Waals surface area contributed by atoms with E-state index >= 15 is 0 Å². The van der Waals surface area contributed by atoms with Crippen LogP contribution in [0.4, 0.5) is 32.0 Å². The van der Waals surface area contributed by atoms with E-state index in [0.717, 1.165) is 60.7 Å². The van der Waals surface area contributed by atoms with Crippen molar-refractivity contribution >= 4 is 17.4 Å². The summed E-state index contributed by atoms with van der Waals surface area (Å²) in [4.78, 5) is 2.32. The van der Waals surface area contributed by atoms with Gasteiger partial charge >= 0.3 is 12.4 Å². The molecule has 1 saturated heterocycles. The van der Waals surface area contributed by atoms with Crippen LogP contribution in [0.5, 0.6) is 0 Å². The topological polar surface area (TPSA) is 65.3 Å². The lowest BCUT2D eigenvalue weighted by molar-refractivity contribution is -0.137. The number of hydrogen-bond acceptors (Lipinski definition) is 6. The summed E-state index contributed by atoms with van der Waals surface area (Å²) in [7, 11) is 0. The van der Waals surface area contributed by atoms with E-state index in [1.54, 1.807) is 12.2 Å². The fourth-order valence-corrected chi connectivity index (χ4v) is 5.43. The molecule has 0 radical (unpaired) electrons. The van der Waals surface area contributed by atoms with Crippen molar-refractivity contribution in [2.24, 2.45) is 5.73 Å². The maximum atomic E-state index is 13.5. The minimum atomic E-state index is -4.52. The third-order valence-electron chi connectivity index (χ3n) is 6.37. The molecule has 5 nitrogen and oxygen atoms in total. The van der Waals surface area contributed by atoms with Gasteiger partial charge in [0.1, 0.15) is 6.17 Å². The number of fused-ring (bicyclic) bond motifs is 1. The summed E-state index contributed by atoms with van der Waals surface area (Å²) in [6, 6.07) is 4.61. The van der Waals surface area contributed by atoms with E-state index < -0.39 is 29.7 Å². The van der Waals surface area contributed by atoms with E-state index in [4.69, 9.17) is 5.73 Å². The number of nitrogens with zero attached hydrogens (tertiary/aromatic N) is 1. The minimum Gasteiger partial charge on any atom is -0.405 e. The molecule has 1 fully saturated rings. The van der Waals surface area contributed by atoms with E-state index in [-0.39, 0.29) is 12.5 Å². The van der Waals surface area contributed by atoms with Crippen molar-refractivity contribution in [3.63, 3.8) is 0 Å². The number of nitrogens with one attached hydrogen (secondary N) is 3. The maximum absolute atomic E-state index is 13.5. The first-order valence-electron chi connectivity index (χ1n) is 12.1. The predicted molar refractivity (Wildman–Crippen MR) is 139 cm³/mol. The zero-order valence-corrected chi connectivity index (χ0v) is 21.2. The molecule has 4 rings (SSSR count). The van der Waals surface area contributed by atoms with Crippen LogP contribution < -0.4 is 21.7 Å². The van der Waals surface area contributed by atoms with Crippen LogP contribution in [0.25, 0.3) is 0 Å². The largest absolute Gasteiger partial charge is 0.416 e. The lowest BCUT2D eigenvalue weighted by atomic mass is 9.96. The van der Waals surface area contributed by atoms with E-state index in [0.29, 0.717) is 23.6 Å². The molecule has 12 heteroatoms. The van der Waals surface area contributed by atoms with Crippen molar-refractivity contribution in [3.8, 4) is 0 Å². The molecule has 1 aromatic rings. The molecule has 0 aromatic heterocycles. The third-order valence-corrected chi connectivity index (χ3v) is 7.31. The summed E-state index contributed by atoms with van der Waals surface area (Å²) < 4.78 is 79.6. The molecule has 3 aliphatic rings. The Kier molecular flexibility index (Phi) is 8.84. The number of benzene rings is 1. The molecule has 0 bridgehead atoms. The summed E-state index contributed by atoms with van der Waals surface area (Å²) in [6.07, 6.45) is -1.37. The van der Waals surface area contributed by atoms with Gasteiger partial charge in [0.05, 0.1) is 5.56 Å². The number of dihydropyridines is 1. The Balaban J connectivity index is 1.58. The Morgan fingerprint density at radius 1 is 1.08 bits per heavy atom. The molecule has 0 amide bonds. The number of anilines is 1. The molecular weight excluding hydrogens is 528 g/mol. The molecular formula is C26H29F6N5S. The molecule has 2 unspecified atom stereocenters. The fraction of sp³-hybridized carbons (Fsp3) is 0.385. The normalized spacial score (nSPS) is 23.3. The lowest BCUT2D eigenvalue weighted by Gasteiger charge is -2.39. The highest BCUT2D eigenvalue weighted by Crippen LogP contribution is 2.34. The van der Waals surface area contributed by atoms with Gasteiger partial charge in [0.2, 0.25) is 0 Å². The highest BCUT2D eigenvalue weighted by atomic mass is 32.2. The molecule has 0 saturated carbocycles. The third kappa shape index (κ3) is 7.39. The second kappa shape index (κ2) is 11.9. The van der Waals surface area contributed by atoms with Gasteiger partial charge in [0, 0.05) is 71.8 Å². The first-order chi connectivity index (χ1) is 18.0. The highest BCUT2D eigenvalue weighted by Gasteiger charge is 2.36. The quantitative estimate of drug-likeness (QED) is 0.276.